The van der Waals surface area contributed by atoms with Gasteiger partial charge in [-0.2, -0.15) is 0 Å². The molecule has 1 heterocycles. The molecule has 0 bridgehead atoms. The van der Waals surface area contributed by atoms with Crippen molar-refractivity contribution in [2.24, 2.45) is 11.8 Å². The lowest BCUT2D eigenvalue weighted by Crippen LogP contribution is -2.16. The first-order chi connectivity index (χ1) is 9.40. The van der Waals surface area contributed by atoms with Gasteiger partial charge in [0.05, 0.1) is 0 Å². The Balaban J connectivity index is 1.45. The molecule has 0 aliphatic heterocycles. The number of hydrogen-bond acceptors (Lipinski definition) is 4. The molecule has 2 fully saturated rings. The molecule has 0 spiro atoms. The lowest BCUT2D eigenvalue weighted by atomic mass is 10.0. The summed E-state index contributed by atoms with van der Waals surface area (Å²) in [5, 5.41) is 14.9. The van der Waals surface area contributed by atoms with Gasteiger partial charge < -0.3 is 5.32 Å². The first-order valence-corrected chi connectivity index (χ1v) is 8.74. The first-order valence-electron chi connectivity index (χ1n) is 7.93. The second kappa shape index (κ2) is 6.31. The van der Waals surface area contributed by atoms with Crippen molar-refractivity contribution in [3.8, 4) is 0 Å². The molecule has 2 atom stereocenters. The molecule has 19 heavy (non-hydrogen) atoms. The highest BCUT2D eigenvalue weighted by molar-refractivity contribution is 7.11. The Kier molecular flexibility index (Phi) is 4.49. The summed E-state index contributed by atoms with van der Waals surface area (Å²) in [4.78, 5) is 0. The Bertz CT molecular complexity index is 392. The van der Waals surface area contributed by atoms with Crippen LogP contribution in [0.5, 0.6) is 0 Å². The van der Waals surface area contributed by atoms with Crippen LogP contribution in [-0.4, -0.2) is 23.3 Å². The van der Waals surface area contributed by atoms with Gasteiger partial charge in [0.15, 0.2) is 0 Å². The molecule has 2 unspecified atom stereocenters. The highest BCUT2D eigenvalue weighted by Gasteiger charge is 2.52. The Morgan fingerprint density at radius 1 is 1.16 bits per heavy atom. The van der Waals surface area contributed by atoms with Gasteiger partial charge in [-0.05, 0) is 50.6 Å². The number of rotatable bonds is 7. The van der Waals surface area contributed by atoms with Gasteiger partial charge in [0, 0.05) is 12.3 Å². The molecule has 0 aromatic carbocycles. The van der Waals surface area contributed by atoms with Crippen LogP contribution < -0.4 is 5.32 Å². The molecule has 2 saturated carbocycles. The fraction of sp³-hybridized carbons (Fsp3) is 0.867. The molecule has 4 heteroatoms. The minimum atomic E-state index is 0.784. The second-order valence-electron chi connectivity index (χ2n) is 6.03. The van der Waals surface area contributed by atoms with Gasteiger partial charge in [0.1, 0.15) is 10.0 Å². The van der Waals surface area contributed by atoms with Crippen LogP contribution in [0.2, 0.25) is 0 Å². The highest BCUT2D eigenvalue weighted by atomic mass is 32.1. The van der Waals surface area contributed by atoms with Crippen molar-refractivity contribution in [1.82, 2.24) is 15.5 Å². The van der Waals surface area contributed by atoms with Crippen LogP contribution in [0.15, 0.2) is 0 Å². The van der Waals surface area contributed by atoms with E-state index in [0.717, 1.165) is 37.3 Å². The van der Waals surface area contributed by atoms with Crippen LogP contribution in [-0.2, 0) is 6.42 Å². The summed E-state index contributed by atoms with van der Waals surface area (Å²) < 4.78 is 0. The summed E-state index contributed by atoms with van der Waals surface area (Å²) >= 11 is 1.88. The topological polar surface area (TPSA) is 37.8 Å². The van der Waals surface area contributed by atoms with Crippen LogP contribution in [0, 0.1) is 11.8 Å². The molecular formula is C15H25N3S. The van der Waals surface area contributed by atoms with E-state index in [1.54, 1.807) is 0 Å². The largest absolute Gasteiger partial charge is 0.317 e. The van der Waals surface area contributed by atoms with Crippen LogP contribution in [0.3, 0.4) is 0 Å². The maximum atomic E-state index is 4.47. The molecule has 3 rings (SSSR count). The maximum Gasteiger partial charge on any atom is 0.121 e. The fourth-order valence-corrected chi connectivity index (χ4v) is 4.66. The number of nitrogens with one attached hydrogen (secondary N) is 1. The van der Waals surface area contributed by atoms with E-state index in [2.05, 4.69) is 22.4 Å². The maximum absolute atomic E-state index is 4.47. The normalized spacial score (nSPS) is 29.2. The predicted molar refractivity (Wildman–Crippen MR) is 79.6 cm³/mol. The second-order valence-corrected chi connectivity index (χ2v) is 7.12. The van der Waals surface area contributed by atoms with Crippen molar-refractivity contribution in [3.63, 3.8) is 0 Å². The van der Waals surface area contributed by atoms with Crippen molar-refractivity contribution in [1.29, 1.82) is 0 Å². The summed E-state index contributed by atoms with van der Waals surface area (Å²) in [6, 6.07) is 0. The number of fused-ring (bicyclic) bond motifs is 1. The van der Waals surface area contributed by atoms with Crippen LogP contribution >= 0.6 is 11.3 Å². The molecule has 0 radical (unpaired) electrons. The lowest BCUT2D eigenvalue weighted by Gasteiger charge is -2.04. The predicted octanol–water partition coefficient (Wildman–Crippen LogP) is 3.37. The Morgan fingerprint density at radius 3 is 2.68 bits per heavy atom. The average molecular weight is 279 g/mol. The molecule has 106 valence electrons. The molecule has 1 aromatic heterocycles. The molecule has 1 N–H and O–H groups in total. The third kappa shape index (κ3) is 3.16. The Hall–Kier alpha value is -0.480. The zero-order valence-corrected chi connectivity index (χ0v) is 12.7. The van der Waals surface area contributed by atoms with E-state index < -0.39 is 0 Å². The smallest absolute Gasteiger partial charge is 0.121 e. The van der Waals surface area contributed by atoms with Crippen LogP contribution in [0.4, 0.5) is 0 Å². The standard InChI is InChI=1S/C15H25N3S/c1-2-9-16-10-5-8-13-17-18-15(19-13)14-11-6-3-4-7-12(11)14/h11-12,14,16H,2-10H2,1H3. The van der Waals surface area contributed by atoms with E-state index in [0.29, 0.717) is 0 Å². The lowest BCUT2D eigenvalue weighted by molar-refractivity contribution is 0.480. The van der Waals surface area contributed by atoms with Crippen LogP contribution in [0.25, 0.3) is 0 Å². The van der Waals surface area contributed by atoms with Crippen molar-refractivity contribution >= 4 is 11.3 Å². The summed E-state index contributed by atoms with van der Waals surface area (Å²) in [5.74, 6) is 2.70. The SMILES string of the molecule is CCCNCCCc1nnc(C2C3CCCCC32)s1. The minimum Gasteiger partial charge on any atom is -0.317 e. The minimum absolute atomic E-state index is 0.784. The summed E-state index contributed by atoms with van der Waals surface area (Å²) in [6.07, 6.45) is 9.24. The van der Waals surface area contributed by atoms with E-state index in [9.17, 15) is 0 Å². The average Bonchev–Trinajstić information content (AvgIpc) is 2.99. The molecule has 2 aliphatic rings. The Labute approximate surface area is 120 Å². The zero-order valence-electron chi connectivity index (χ0n) is 11.9. The molecule has 0 amide bonds. The van der Waals surface area contributed by atoms with Gasteiger partial charge in [0.25, 0.3) is 0 Å². The zero-order chi connectivity index (χ0) is 13.1. The summed E-state index contributed by atoms with van der Waals surface area (Å²) in [6.45, 7) is 4.45. The van der Waals surface area contributed by atoms with Gasteiger partial charge in [-0.3, -0.25) is 0 Å². The van der Waals surface area contributed by atoms with E-state index in [1.165, 1.54) is 48.5 Å². The number of aryl methyl sites for hydroxylation is 1. The number of nitrogens with zero attached hydrogens (tertiary/aromatic N) is 2. The summed E-state index contributed by atoms with van der Waals surface area (Å²) in [7, 11) is 0. The van der Waals surface area contributed by atoms with Gasteiger partial charge in [-0.1, -0.05) is 19.8 Å². The van der Waals surface area contributed by atoms with E-state index in [-0.39, 0.29) is 0 Å². The van der Waals surface area contributed by atoms with Crippen LogP contribution in [0.1, 0.15) is 61.4 Å². The van der Waals surface area contributed by atoms with E-state index >= 15 is 0 Å². The van der Waals surface area contributed by atoms with Gasteiger partial charge in [-0.15, -0.1) is 21.5 Å². The van der Waals surface area contributed by atoms with Crippen molar-refractivity contribution in [2.45, 2.75) is 57.8 Å². The van der Waals surface area contributed by atoms with Gasteiger partial charge in [0.2, 0.25) is 0 Å². The monoisotopic (exact) mass is 279 g/mol. The first kappa shape index (κ1) is 13.5. The number of hydrogen-bond donors (Lipinski definition) is 1. The number of aromatic nitrogens is 2. The Morgan fingerprint density at radius 2 is 1.95 bits per heavy atom. The fourth-order valence-electron chi connectivity index (χ4n) is 3.53. The van der Waals surface area contributed by atoms with E-state index in [1.807, 2.05) is 11.3 Å². The third-order valence-corrected chi connectivity index (χ3v) is 5.68. The molecule has 1 aromatic rings. The highest BCUT2D eigenvalue weighted by Crippen LogP contribution is 2.61. The summed E-state index contributed by atoms with van der Waals surface area (Å²) in [5.41, 5.74) is 0. The van der Waals surface area contributed by atoms with Gasteiger partial charge >= 0.3 is 0 Å². The molecule has 0 saturated heterocycles. The van der Waals surface area contributed by atoms with E-state index in [4.69, 9.17) is 0 Å². The van der Waals surface area contributed by atoms with Crippen molar-refractivity contribution in [3.05, 3.63) is 10.0 Å². The molecular weight excluding hydrogens is 254 g/mol. The molecule has 3 nitrogen and oxygen atoms in total. The third-order valence-electron chi connectivity index (χ3n) is 4.60. The van der Waals surface area contributed by atoms with Gasteiger partial charge in [-0.25, -0.2) is 0 Å². The molecule has 2 aliphatic carbocycles. The van der Waals surface area contributed by atoms with Crippen molar-refractivity contribution < 1.29 is 0 Å². The van der Waals surface area contributed by atoms with Crippen molar-refractivity contribution in [2.75, 3.05) is 13.1 Å². The quantitative estimate of drug-likeness (QED) is 0.778.